The largest absolute Gasteiger partial charge is 0.497 e. The Bertz CT molecular complexity index is 758. The first-order valence-electron chi connectivity index (χ1n) is 8.09. The Morgan fingerprint density at radius 1 is 1.12 bits per heavy atom. The molecule has 0 spiro atoms. The van der Waals surface area contributed by atoms with E-state index in [0.29, 0.717) is 16.5 Å². The number of carbonyl (C=O) groups is 1. The van der Waals surface area contributed by atoms with Crippen LogP contribution < -0.4 is 20.1 Å². The summed E-state index contributed by atoms with van der Waals surface area (Å²) in [5, 5.41) is 6.75. The maximum atomic E-state index is 12.3. The number of halogens is 1. The monoisotopic (exact) mass is 360 g/mol. The van der Waals surface area contributed by atoms with E-state index < -0.39 is 0 Å². The van der Waals surface area contributed by atoms with Gasteiger partial charge in [0.2, 0.25) is 5.91 Å². The quantitative estimate of drug-likeness (QED) is 0.792. The zero-order valence-corrected chi connectivity index (χ0v) is 15.0. The van der Waals surface area contributed by atoms with E-state index in [9.17, 15) is 4.79 Å². The molecule has 2 N–H and O–H groups in total. The number of methoxy groups -OCH3 is 2. The lowest BCUT2D eigenvalue weighted by Crippen LogP contribution is -2.36. The fraction of sp³-hybridized carbons (Fsp3) is 0.316. The minimum atomic E-state index is -0.139. The van der Waals surface area contributed by atoms with Crippen molar-refractivity contribution >= 4 is 23.2 Å². The molecule has 1 aliphatic carbocycles. The molecule has 0 bridgehead atoms. The third kappa shape index (κ3) is 4.06. The zero-order valence-electron chi connectivity index (χ0n) is 14.3. The molecular weight excluding hydrogens is 340 g/mol. The van der Waals surface area contributed by atoms with Crippen LogP contribution in [0.4, 0.5) is 5.69 Å². The lowest BCUT2D eigenvalue weighted by molar-refractivity contribution is -0.115. The molecule has 25 heavy (non-hydrogen) atoms. The Balaban J connectivity index is 1.61. The van der Waals surface area contributed by atoms with E-state index >= 15 is 0 Å². The Morgan fingerprint density at radius 2 is 1.84 bits per heavy atom. The molecule has 1 saturated carbocycles. The Labute approximate surface area is 152 Å². The molecule has 0 heterocycles. The van der Waals surface area contributed by atoms with Crippen LogP contribution in [0.2, 0.25) is 5.02 Å². The first-order chi connectivity index (χ1) is 12.1. The van der Waals surface area contributed by atoms with Gasteiger partial charge in [-0.3, -0.25) is 10.1 Å². The summed E-state index contributed by atoms with van der Waals surface area (Å²) in [5.74, 6) is 1.26. The lowest BCUT2D eigenvalue weighted by atomic mass is 10.0. The SMILES string of the molecule is COc1ccc(C2(NCC(=O)Nc3cc(Cl)ccc3OC)CC2)cc1. The van der Waals surface area contributed by atoms with Gasteiger partial charge in [-0.25, -0.2) is 0 Å². The second-order valence-electron chi connectivity index (χ2n) is 6.06. The number of benzene rings is 2. The van der Waals surface area contributed by atoms with Crippen LogP contribution in [0.15, 0.2) is 42.5 Å². The van der Waals surface area contributed by atoms with Gasteiger partial charge < -0.3 is 14.8 Å². The minimum absolute atomic E-state index is 0.123. The Kier molecular flexibility index (Phi) is 5.16. The van der Waals surface area contributed by atoms with Gasteiger partial charge in [0.15, 0.2) is 0 Å². The van der Waals surface area contributed by atoms with Crippen molar-refractivity contribution in [3.8, 4) is 11.5 Å². The molecule has 0 unspecified atom stereocenters. The normalized spacial score (nSPS) is 14.7. The highest BCUT2D eigenvalue weighted by Crippen LogP contribution is 2.45. The molecule has 132 valence electrons. The second kappa shape index (κ2) is 7.33. The maximum Gasteiger partial charge on any atom is 0.238 e. The van der Waals surface area contributed by atoms with E-state index in [-0.39, 0.29) is 18.0 Å². The third-order valence-corrected chi connectivity index (χ3v) is 4.65. The predicted molar refractivity (Wildman–Crippen MR) is 98.5 cm³/mol. The summed E-state index contributed by atoms with van der Waals surface area (Å²) in [6, 6.07) is 13.1. The molecule has 0 aliphatic heterocycles. The zero-order chi connectivity index (χ0) is 17.9. The van der Waals surface area contributed by atoms with E-state index in [1.165, 1.54) is 5.56 Å². The van der Waals surface area contributed by atoms with E-state index in [2.05, 4.69) is 10.6 Å². The third-order valence-electron chi connectivity index (χ3n) is 4.42. The van der Waals surface area contributed by atoms with E-state index in [0.717, 1.165) is 18.6 Å². The van der Waals surface area contributed by atoms with Gasteiger partial charge in [-0.2, -0.15) is 0 Å². The van der Waals surface area contributed by atoms with Crippen molar-refractivity contribution in [2.75, 3.05) is 26.1 Å². The van der Waals surface area contributed by atoms with Gasteiger partial charge in [0.05, 0.1) is 26.5 Å². The van der Waals surface area contributed by atoms with Crippen molar-refractivity contribution in [1.82, 2.24) is 5.32 Å². The molecule has 2 aromatic rings. The fourth-order valence-corrected chi connectivity index (χ4v) is 3.00. The molecule has 3 rings (SSSR count). The number of amides is 1. The maximum absolute atomic E-state index is 12.3. The molecule has 2 aromatic carbocycles. The smallest absolute Gasteiger partial charge is 0.238 e. The van der Waals surface area contributed by atoms with Crippen LogP contribution in [-0.4, -0.2) is 26.7 Å². The Morgan fingerprint density at radius 3 is 2.44 bits per heavy atom. The van der Waals surface area contributed by atoms with Crippen molar-refractivity contribution in [2.45, 2.75) is 18.4 Å². The van der Waals surface area contributed by atoms with Gasteiger partial charge in [0.25, 0.3) is 0 Å². The van der Waals surface area contributed by atoms with Gasteiger partial charge in [-0.05, 0) is 48.7 Å². The second-order valence-corrected chi connectivity index (χ2v) is 6.49. The standard InChI is InChI=1S/C19H21ClN2O3/c1-24-15-6-3-13(4-7-15)19(9-10-19)21-12-18(23)22-16-11-14(20)5-8-17(16)25-2/h3-8,11,21H,9-10,12H2,1-2H3,(H,22,23). The molecular formula is C19H21ClN2O3. The number of hydrogen-bond donors (Lipinski definition) is 2. The molecule has 1 amide bonds. The molecule has 5 nitrogen and oxygen atoms in total. The number of ether oxygens (including phenoxy) is 2. The highest BCUT2D eigenvalue weighted by Gasteiger charge is 2.44. The van der Waals surface area contributed by atoms with Crippen LogP contribution >= 0.6 is 11.6 Å². The number of hydrogen-bond acceptors (Lipinski definition) is 4. The Hall–Kier alpha value is -2.24. The van der Waals surface area contributed by atoms with Crippen molar-refractivity contribution in [3.63, 3.8) is 0 Å². The molecule has 0 aromatic heterocycles. The van der Waals surface area contributed by atoms with E-state index in [4.69, 9.17) is 21.1 Å². The van der Waals surface area contributed by atoms with Crippen LogP contribution in [0.1, 0.15) is 18.4 Å². The first kappa shape index (κ1) is 17.6. The van der Waals surface area contributed by atoms with Crippen LogP contribution in [-0.2, 0) is 10.3 Å². The van der Waals surface area contributed by atoms with E-state index in [1.807, 2.05) is 24.3 Å². The van der Waals surface area contributed by atoms with Crippen molar-refractivity contribution in [1.29, 1.82) is 0 Å². The summed E-state index contributed by atoms with van der Waals surface area (Å²) >= 11 is 5.99. The average Bonchev–Trinajstić information content (AvgIpc) is 3.41. The molecule has 0 radical (unpaired) electrons. The number of carbonyl (C=O) groups excluding carboxylic acids is 1. The van der Waals surface area contributed by atoms with E-state index in [1.54, 1.807) is 32.4 Å². The highest BCUT2D eigenvalue weighted by molar-refractivity contribution is 6.31. The first-order valence-corrected chi connectivity index (χ1v) is 8.47. The summed E-state index contributed by atoms with van der Waals surface area (Å²) in [6.07, 6.45) is 2.01. The molecule has 6 heteroatoms. The number of rotatable bonds is 7. The van der Waals surface area contributed by atoms with Crippen LogP contribution in [0.3, 0.4) is 0 Å². The average molecular weight is 361 g/mol. The van der Waals surface area contributed by atoms with Gasteiger partial charge in [0.1, 0.15) is 11.5 Å². The van der Waals surface area contributed by atoms with Crippen molar-refractivity contribution in [3.05, 3.63) is 53.1 Å². The summed E-state index contributed by atoms with van der Waals surface area (Å²) in [6.45, 7) is 0.210. The topological polar surface area (TPSA) is 59.6 Å². The molecule has 1 aliphatic rings. The predicted octanol–water partition coefficient (Wildman–Crippen LogP) is 3.57. The van der Waals surface area contributed by atoms with Crippen molar-refractivity contribution in [2.24, 2.45) is 0 Å². The van der Waals surface area contributed by atoms with Gasteiger partial charge in [-0.15, -0.1) is 0 Å². The van der Waals surface area contributed by atoms with Crippen molar-refractivity contribution < 1.29 is 14.3 Å². The fourth-order valence-electron chi connectivity index (χ4n) is 2.82. The summed E-state index contributed by atoms with van der Waals surface area (Å²) < 4.78 is 10.4. The summed E-state index contributed by atoms with van der Waals surface area (Å²) in [7, 11) is 3.20. The minimum Gasteiger partial charge on any atom is -0.497 e. The van der Waals surface area contributed by atoms with Crippen LogP contribution in [0, 0.1) is 0 Å². The summed E-state index contributed by atoms with van der Waals surface area (Å²) in [4.78, 5) is 12.3. The highest BCUT2D eigenvalue weighted by atomic mass is 35.5. The molecule has 0 atom stereocenters. The number of anilines is 1. The molecule has 1 fully saturated rings. The van der Waals surface area contributed by atoms with Crippen LogP contribution in [0.25, 0.3) is 0 Å². The number of nitrogens with one attached hydrogen (secondary N) is 2. The molecule has 0 saturated heterocycles. The van der Waals surface area contributed by atoms with Crippen LogP contribution in [0.5, 0.6) is 11.5 Å². The van der Waals surface area contributed by atoms with Gasteiger partial charge >= 0.3 is 0 Å². The van der Waals surface area contributed by atoms with Gasteiger partial charge in [0, 0.05) is 10.6 Å². The van der Waals surface area contributed by atoms with Gasteiger partial charge in [-0.1, -0.05) is 23.7 Å². The lowest BCUT2D eigenvalue weighted by Gasteiger charge is -2.18. The summed E-state index contributed by atoms with van der Waals surface area (Å²) in [5.41, 5.74) is 1.61.